The molecule has 2 N–H and O–H groups in total. The standard InChI is InChI=1S/C10H18N4O3/c1-7(5-10(2,3)17-4)13-9(11)8(6-12-13)14(15)16/h6-7H,5,11H2,1-4H3. The highest BCUT2D eigenvalue weighted by Gasteiger charge is 2.25. The second-order valence-corrected chi connectivity index (χ2v) is 4.63. The topological polar surface area (TPSA) is 96.2 Å². The van der Waals surface area contributed by atoms with Crippen molar-refractivity contribution in [1.29, 1.82) is 0 Å². The van der Waals surface area contributed by atoms with E-state index in [2.05, 4.69) is 5.10 Å². The summed E-state index contributed by atoms with van der Waals surface area (Å²) in [7, 11) is 1.63. The fourth-order valence-corrected chi connectivity index (χ4v) is 1.74. The first-order valence-corrected chi connectivity index (χ1v) is 5.31. The van der Waals surface area contributed by atoms with Crippen LogP contribution in [0.2, 0.25) is 0 Å². The lowest BCUT2D eigenvalue weighted by atomic mass is 10.00. The second-order valence-electron chi connectivity index (χ2n) is 4.63. The zero-order valence-corrected chi connectivity index (χ0v) is 10.5. The first-order chi connectivity index (χ1) is 7.78. The van der Waals surface area contributed by atoms with Gasteiger partial charge >= 0.3 is 5.69 Å². The average molecular weight is 242 g/mol. The van der Waals surface area contributed by atoms with Crippen LogP contribution < -0.4 is 5.73 Å². The highest BCUT2D eigenvalue weighted by atomic mass is 16.6. The first-order valence-electron chi connectivity index (χ1n) is 5.31. The van der Waals surface area contributed by atoms with Crippen LogP contribution >= 0.6 is 0 Å². The summed E-state index contributed by atoms with van der Waals surface area (Å²) in [5, 5.41) is 14.6. The van der Waals surface area contributed by atoms with E-state index in [-0.39, 0.29) is 23.1 Å². The van der Waals surface area contributed by atoms with Crippen LogP contribution in [0.15, 0.2) is 6.20 Å². The lowest BCUT2D eigenvalue weighted by Gasteiger charge is -2.26. The van der Waals surface area contributed by atoms with E-state index in [0.717, 1.165) is 0 Å². The number of methoxy groups -OCH3 is 1. The Morgan fingerprint density at radius 3 is 2.71 bits per heavy atom. The van der Waals surface area contributed by atoms with Gasteiger partial charge in [0.2, 0.25) is 5.82 Å². The average Bonchev–Trinajstić information content (AvgIpc) is 2.59. The number of aromatic nitrogens is 2. The van der Waals surface area contributed by atoms with E-state index < -0.39 is 4.92 Å². The van der Waals surface area contributed by atoms with Crippen LogP contribution in [-0.2, 0) is 4.74 Å². The molecule has 0 fully saturated rings. The van der Waals surface area contributed by atoms with Gasteiger partial charge < -0.3 is 10.5 Å². The van der Waals surface area contributed by atoms with E-state index in [1.165, 1.54) is 10.9 Å². The van der Waals surface area contributed by atoms with E-state index >= 15 is 0 Å². The van der Waals surface area contributed by atoms with Gasteiger partial charge in [-0.2, -0.15) is 5.10 Å². The molecule has 7 heteroatoms. The van der Waals surface area contributed by atoms with Crippen molar-refractivity contribution in [2.75, 3.05) is 12.8 Å². The third-order valence-electron chi connectivity index (χ3n) is 2.77. The van der Waals surface area contributed by atoms with Crippen LogP contribution in [0.25, 0.3) is 0 Å². The number of anilines is 1. The Bertz CT molecular complexity index is 414. The van der Waals surface area contributed by atoms with Gasteiger partial charge in [0.15, 0.2) is 0 Å². The molecule has 1 atom stereocenters. The van der Waals surface area contributed by atoms with Gasteiger partial charge in [-0.25, -0.2) is 4.68 Å². The van der Waals surface area contributed by atoms with E-state index in [4.69, 9.17) is 10.5 Å². The Hall–Kier alpha value is -1.63. The van der Waals surface area contributed by atoms with Gasteiger partial charge in [0, 0.05) is 7.11 Å². The first kappa shape index (κ1) is 13.4. The number of ether oxygens (including phenoxy) is 1. The predicted molar refractivity (Wildman–Crippen MR) is 63.7 cm³/mol. The Kier molecular flexibility index (Phi) is 3.72. The monoisotopic (exact) mass is 242 g/mol. The van der Waals surface area contributed by atoms with Crippen LogP contribution in [0.3, 0.4) is 0 Å². The fraction of sp³-hybridized carbons (Fsp3) is 0.700. The normalized spacial score (nSPS) is 13.6. The SMILES string of the molecule is COC(C)(C)CC(C)n1ncc([N+](=O)[O-])c1N. The second kappa shape index (κ2) is 4.70. The molecule has 0 aliphatic rings. The molecule has 0 saturated carbocycles. The molecule has 17 heavy (non-hydrogen) atoms. The number of hydrogen-bond acceptors (Lipinski definition) is 5. The molecule has 0 aliphatic carbocycles. The fourth-order valence-electron chi connectivity index (χ4n) is 1.74. The van der Waals surface area contributed by atoms with Crippen LogP contribution in [0, 0.1) is 10.1 Å². The molecule has 1 aromatic heterocycles. The summed E-state index contributed by atoms with van der Waals surface area (Å²) in [6.45, 7) is 5.78. The smallest absolute Gasteiger partial charge is 0.330 e. The van der Waals surface area contributed by atoms with Gasteiger partial charge in [0.05, 0.1) is 16.6 Å². The van der Waals surface area contributed by atoms with Gasteiger partial charge in [-0.3, -0.25) is 10.1 Å². The molecule has 0 saturated heterocycles. The molecule has 1 heterocycles. The Labute approximate surface area is 99.7 Å². The summed E-state index contributed by atoms with van der Waals surface area (Å²) in [6.07, 6.45) is 1.83. The molecule has 0 bridgehead atoms. The Balaban J connectivity index is 2.90. The van der Waals surface area contributed by atoms with Gasteiger partial charge in [0.1, 0.15) is 6.20 Å². The highest BCUT2D eigenvalue weighted by Crippen LogP contribution is 2.28. The largest absolute Gasteiger partial charge is 0.379 e. The Morgan fingerprint density at radius 2 is 2.29 bits per heavy atom. The maximum atomic E-state index is 10.6. The van der Waals surface area contributed by atoms with Crippen LogP contribution in [0.5, 0.6) is 0 Å². The van der Waals surface area contributed by atoms with Crippen LogP contribution in [0.1, 0.15) is 33.2 Å². The van der Waals surface area contributed by atoms with E-state index in [0.29, 0.717) is 6.42 Å². The molecular formula is C10H18N4O3. The summed E-state index contributed by atoms with van der Waals surface area (Å²) in [5.41, 5.74) is 5.20. The van der Waals surface area contributed by atoms with Crippen LogP contribution in [-0.4, -0.2) is 27.4 Å². The minimum atomic E-state index is -0.535. The molecule has 0 aromatic carbocycles. The minimum absolute atomic E-state index is 0.0707. The molecule has 0 spiro atoms. The molecule has 0 aliphatic heterocycles. The van der Waals surface area contributed by atoms with Crippen molar-refractivity contribution in [2.24, 2.45) is 0 Å². The predicted octanol–water partition coefficient (Wildman–Crippen LogP) is 1.75. The molecular weight excluding hydrogens is 224 g/mol. The van der Waals surface area contributed by atoms with Gasteiger partial charge in [-0.05, 0) is 27.2 Å². The van der Waals surface area contributed by atoms with Crippen molar-refractivity contribution in [3.05, 3.63) is 16.3 Å². The maximum Gasteiger partial charge on any atom is 0.330 e. The van der Waals surface area contributed by atoms with Crippen molar-refractivity contribution >= 4 is 11.5 Å². The summed E-state index contributed by atoms with van der Waals surface area (Å²) < 4.78 is 6.77. The van der Waals surface area contributed by atoms with Gasteiger partial charge in [-0.1, -0.05) is 0 Å². The number of nitrogens with zero attached hydrogens (tertiary/aromatic N) is 3. The van der Waals surface area contributed by atoms with Gasteiger partial charge in [-0.15, -0.1) is 0 Å². The number of rotatable bonds is 5. The number of hydrogen-bond donors (Lipinski definition) is 1. The van der Waals surface area contributed by atoms with Crippen molar-refractivity contribution in [2.45, 2.75) is 38.8 Å². The molecule has 0 amide bonds. The summed E-state index contributed by atoms with van der Waals surface area (Å²) in [4.78, 5) is 10.1. The van der Waals surface area contributed by atoms with E-state index in [1.807, 2.05) is 20.8 Å². The molecule has 0 radical (unpaired) electrons. The number of nitrogen functional groups attached to an aromatic ring is 1. The van der Waals surface area contributed by atoms with Crippen molar-refractivity contribution in [3.63, 3.8) is 0 Å². The van der Waals surface area contributed by atoms with Crippen molar-refractivity contribution in [3.8, 4) is 0 Å². The number of nitrogens with two attached hydrogens (primary N) is 1. The van der Waals surface area contributed by atoms with E-state index in [9.17, 15) is 10.1 Å². The van der Waals surface area contributed by atoms with Crippen molar-refractivity contribution < 1.29 is 9.66 Å². The zero-order valence-electron chi connectivity index (χ0n) is 10.5. The lowest BCUT2D eigenvalue weighted by molar-refractivity contribution is -0.384. The summed E-state index contributed by atoms with van der Waals surface area (Å²) in [6, 6.07) is -0.0707. The number of nitro groups is 1. The molecule has 1 rings (SSSR count). The third-order valence-corrected chi connectivity index (χ3v) is 2.77. The quantitative estimate of drug-likeness (QED) is 0.626. The van der Waals surface area contributed by atoms with E-state index in [1.54, 1.807) is 7.11 Å². The molecule has 96 valence electrons. The Morgan fingerprint density at radius 1 is 1.71 bits per heavy atom. The summed E-state index contributed by atoms with van der Waals surface area (Å²) >= 11 is 0. The minimum Gasteiger partial charge on any atom is -0.379 e. The summed E-state index contributed by atoms with van der Waals surface area (Å²) in [5.74, 6) is 0.0782. The van der Waals surface area contributed by atoms with Crippen LogP contribution in [0.4, 0.5) is 11.5 Å². The molecule has 1 aromatic rings. The maximum absolute atomic E-state index is 10.6. The third kappa shape index (κ3) is 2.94. The van der Waals surface area contributed by atoms with Gasteiger partial charge in [0.25, 0.3) is 0 Å². The van der Waals surface area contributed by atoms with Crippen molar-refractivity contribution in [1.82, 2.24) is 9.78 Å². The molecule has 7 nitrogen and oxygen atoms in total. The lowest BCUT2D eigenvalue weighted by Crippen LogP contribution is -2.27. The molecule has 1 unspecified atom stereocenters. The highest BCUT2D eigenvalue weighted by molar-refractivity contribution is 5.51. The zero-order chi connectivity index (χ0) is 13.2.